The normalized spacial score (nSPS) is 22.3. The van der Waals surface area contributed by atoms with Crippen LogP contribution in [0, 0.1) is 0 Å². The highest BCUT2D eigenvalue weighted by Crippen LogP contribution is 2.16. The third-order valence-electron chi connectivity index (χ3n) is 3.91. The van der Waals surface area contributed by atoms with Crippen LogP contribution in [0.25, 0.3) is 0 Å². The molecule has 2 atom stereocenters. The molecular weight excluding hydrogens is 238 g/mol. The molecule has 1 amide bonds. The summed E-state index contributed by atoms with van der Waals surface area (Å²) >= 11 is 0. The van der Waals surface area contributed by atoms with Crippen molar-refractivity contribution in [1.29, 1.82) is 0 Å². The molecule has 0 spiro atoms. The molecular formula is C15H23N3O. The van der Waals surface area contributed by atoms with Gasteiger partial charge in [0.05, 0.1) is 0 Å². The van der Waals surface area contributed by atoms with E-state index in [0.29, 0.717) is 6.04 Å². The van der Waals surface area contributed by atoms with Crippen molar-refractivity contribution < 1.29 is 4.79 Å². The number of likely N-dealkylation sites (N-methyl/N-ethyl adjacent to an activating group) is 1. The third kappa shape index (κ3) is 3.14. The van der Waals surface area contributed by atoms with Crippen molar-refractivity contribution in [1.82, 2.24) is 9.80 Å². The van der Waals surface area contributed by atoms with Gasteiger partial charge in [-0.1, -0.05) is 37.3 Å². The maximum absolute atomic E-state index is 12.4. The summed E-state index contributed by atoms with van der Waals surface area (Å²) in [5.74, 6) is 0.0359. The van der Waals surface area contributed by atoms with Gasteiger partial charge in [-0.05, 0) is 19.0 Å². The Morgan fingerprint density at radius 3 is 2.63 bits per heavy atom. The number of rotatable bonds is 3. The average Bonchev–Trinajstić information content (AvgIpc) is 2.46. The van der Waals surface area contributed by atoms with Gasteiger partial charge in [0, 0.05) is 25.7 Å². The maximum Gasteiger partial charge on any atom is 0.244 e. The number of nitrogens with zero attached hydrogens (tertiary/aromatic N) is 2. The molecule has 0 aliphatic carbocycles. The van der Waals surface area contributed by atoms with E-state index in [0.717, 1.165) is 31.7 Å². The van der Waals surface area contributed by atoms with Crippen molar-refractivity contribution in [3.05, 3.63) is 35.9 Å². The summed E-state index contributed by atoms with van der Waals surface area (Å²) in [6.45, 7) is 7.84. The van der Waals surface area contributed by atoms with Gasteiger partial charge in [0.2, 0.25) is 5.91 Å². The van der Waals surface area contributed by atoms with Crippen molar-refractivity contribution in [3.8, 4) is 0 Å². The third-order valence-corrected chi connectivity index (χ3v) is 3.91. The van der Waals surface area contributed by atoms with Crippen LogP contribution in [0.5, 0.6) is 0 Å². The number of nitrogens with two attached hydrogens (primary N) is 1. The molecule has 1 aromatic rings. The van der Waals surface area contributed by atoms with E-state index in [-0.39, 0.29) is 5.91 Å². The Labute approximate surface area is 115 Å². The van der Waals surface area contributed by atoms with Crippen LogP contribution in [-0.4, -0.2) is 47.9 Å². The summed E-state index contributed by atoms with van der Waals surface area (Å²) in [6.07, 6.45) is 0. The zero-order valence-corrected chi connectivity index (χ0v) is 11.7. The van der Waals surface area contributed by atoms with E-state index < -0.39 is 6.04 Å². The van der Waals surface area contributed by atoms with Gasteiger partial charge in [-0.25, -0.2) is 0 Å². The van der Waals surface area contributed by atoms with Crippen LogP contribution in [0.2, 0.25) is 0 Å². The van der Waals surface area contributed by atoms with E-state index >= 15 is 0 Å². The van der Waals surface area contributed by atoms with Crippen molar-refractivity contribution in [2.45, 2.75) is 25.9 Å². The first-order chi connectivity index (χ1) is 9.13. The molecule has 0 radical (unpaired) electrons. The molecule has 0 aromatic heterocycles. The minimum absolute atomic E-state index is 0.0359. The van der Waals surface area contributed by atoms with E-state index in [2.05, 4.69) is 18.7 Å². The SMILES string of the molecule is CCN1CCN(C(=O)[C@@H](N)c2ccccc2)CC1C. The van der Waals surface area contributed by atoms with Crippen LogP contribution in [0.3, 0.4) is 0 Å². The molecule has 2 N–H and O–H groups in total. The van der Waals surface area contributed by atoms with Crippen molar-refractivity contribution in [3.63, 3.8) is 0 Å². The minimum atomic E-state index is -0.540. The second-order valence-electron chi connectivity index (χ2n) is 5.15. The number of amides is 1. The summed E-state index contributed by atoms with van der Waals surface area (Å²) in [4.78, 5) is 16.7. The van der Waals surface area contributed by atoms with Gasteiger partial charge in [0.25, 0.3) is 0 Å². The van der Waals surface area contributed by atoms with Gasteiger partial charge < -0.3 is 10.6 Å². The zero-order chi connectivity index (χ0) is 13.8. The van der Waals surface area contributed by atoms with E-state index in [1.807, 2.05) is 35.2 Å². The highest BCUT2D eigenvalue weighted by molar-refractivity contribution is 5.83. The molecule has 1 unspecified atom stereocenters. The number of hydrogen-bond acceptors (Lipinski definition) is 3. The number of carbonyl (C=O) groups is 1. The van der Waals surface area contributed by atoms with E-state index in [4.69, 9.17) is 5.73 Å². The summed E-state index contributed by atoms with van der Waals surface area (Å²) in [7, 11) is 0. The first-order valence-corrected chi connectivity index (χ1v) is 6.96. The quantitative estimate of drug-likeness (QED) is 0.890. The van der Waals surface area contributed by atoms with Crippen molar-refractivity contribution in [2.75, 3.05) is 26.2 Å². The Bertz CT molecular complexity index is 421. The first-order valence-electron chi connectivity index (χ1n) is 6.96. The Morgan fingerprint density at radius 2 is 2.05 bits per heavy atom. The predicted molar refractivity (Wildman–Crippen MR) is 76.7 cm³/mol. The molecule has 1 aliphatic rings. The van der Waals surface area contributed by atoms with Gasteiger partial charge in [-0.15, -0.1) is 0 Å². The average molecular weight is 261 g/mol. The smallest absolute Gasteiger partial charge is 0.244 e. The van der Waals surface area contributed by atoms with Crippen LogP contribution in [0.4, 0.5) is 0 Å². The Balaban J connectivity index is 2.01. The second kappa shape index (κ2) is 6.17. The summed E-state index contributed by atoms with van der Waals surface area (Å²) in [6, 6.07) is 9.46. The van der Waals surface area contributed by atoms with Crippen LogP contribution in [0.1, 0.15) is 25.5 Å². The standard InChI is InChI=1S/C15H23N3O/c1-3-17-9-10-18(11-12(17)2)15(19)14(16)13-7-5-4-6-8-13/h4-8,12,14H,3,9-11,16H2,1-2H3/t12?,14-/m0/s1. The van der Waals surface area contributed by atoms with Gasteiger partial charge in [0.1, 0.15) is 6.04 Å². The summed E-state index contributed by atoms with van der Waals surface area (Å²) in [5, 5.41) is 0. The maximum atomic E-state index is 12.4. The largest absolute Gasteiger partial charge is 0.338 e. The molecule has 19 heavy (non-hydrogen) atoms. The fraction of sp³-hybridized carbons (Fsp3) is 0.533. The summed E-state index contributed by atoms with van der Waals surface area (Å²) < 4.78 is 0. The van der Waals surface area contributed by atoms with E-state index in [1.165, 1.54) is 0 Å². The molecule has 0 saturated carbocycles. The number of hydrogen-bond donors (Lipinski definition) is 1. The summed E-state index contributed by atoms with van der Waals surface area (Å²) in [5.41, 5.74) is 6.96. The fourth-order valence-corrected chi connectivity index (χ4v) is 2.66. The lowest BCUT2D eigenvalue weighted by Crippen LogP contribution is -2.55. The van der Waals surface area contributed by atoms with Crippen LogP contribution < -0.4 is 5.73 Å². The molecule has 1 fully saturated rings. The minimum Gasteiger partial charge on any atom is -0.338 e. The molecule has 1 heterocycles. The van der Waals surface area contributed by atoms with Gasteiger partial charge in [-0.3, -0.25) is 9.69 Å². The molecule has 1 saturated heterocycles. The Kier molecular flexibility index (Phi) is 4.56. The molecule has 104 valence electrons. The molecule has 2 rings (SSSR count). The molecule has 4 heteroatoms. The van der Waals surface area contributed by atoms with E-state index in [1.54, 1.807) is 0 Å². The van der Waals surface area contributed by atoms with Crippen molar-refractivity contribution >= 4 is 5.91 Å². The molecule has 1 aromatic carbocycles. The highest BCUT2D eigenvalue weighted by atomic mass is 16.2. The molecule has 0 bridgehead atoms. The topological polar surface area (TPSA) is 49.6 Å². The molecule has 4 nitrogen and oxygen atoms in total. The van der Waals surface area contributed by atoms with E-state index in [9.17, 15) is 4.79 Å². The van der Waals surface area contributed by atoms with Crippen LogP contribution in [0.15, 0.2) is 30.3 Å². The van der Waals surface area contributed by atoms with Crippen molar-refractivity contribution in [2.24, 2.45) is 5.73 Å². The van der Waals surface area contributed by atoms with Gasteiger partial charge in [-0.2, -0.15) is 0 Å². The monoisotopic (exact) mass is 261 g/mol. The first kappa shape index (κ1) is 14.0. The van der Waals surface area contributed by atoms with Gasteiger partial charge >= 0.3 is 0 Å². The lowest BCUT2D eigenvalue weighted by molar-refractivity contribution is -0.135. The Hall–Kier alpha value is -1.39. The zero-order valence-electron chi connectivity index (χ0n) is 11.7. The second-order valence-corrected chi connectivity index (χ2v) is 5.15. The fourth-order valence-electron chi connectivity index (χ4n) is 2.66. The number of carbonyl (C=O) groups excluding carboxylic acids is 1. The Morgan fingerprint density at radius 1 is 1.37 bits per heavy atom. The lowest BCUT2D eigenvalue weighted by Gasteiger charge is -2.40. The number of benzene rings is 1. The lowest BCUT2D eigenvalue weighted by atomic mass is 10.1. The number of piperazine rings is 1. The van der Waals surface area contributed by atoms with Gasteiger partial charge in [0.15, 0.2) is 0 Å². The predicted octanol–water partition coefficient (Wildman–Crippen LogP) is 1.24. The van der Waals surface area contributed by atoms with Crippen LogP contribution in [-0.2, 0) is 4.79 Å². The van der Waals surface area contributed by atoms with Crippen LogP contribution >= 0.6 is 0 Å². The highest BCUT2D eigenvalue weighted by Gasteiger charge is 2.28. The molecule has 1 aliphatic heterocycles.